The molecular formula is C22H26N2O6. The molecule has 0 saturated heterocycles. The van der Waals surface area contributed by atoms with Gasteiger partial charge in [-0.25, -0.2) is 14.4 Å². The van der Waals surface area contributed by atoms with Crippen LogP contribution in [0.2, 0.25) is 0 Å². The van der Waals surface area contributed by atoms with Crippen molar-refractivity contribution in [3.05, 3.63) is 60.2 Å². The highest BCUT2D eigenvalue weighted by Gasteiger charge is 2.31. The van der Waals surface area contributed by atoms with Crippen LogP contribution in [0.3, 0.4) is 0 Å². The van der Waals surface area contributed by atoms with Gasteiger partial charge in [-0.3, -0.25) is 10.2 Å². The molecule has 0 bridgehead atoms. The second kappa shape index (κ2) is 9.78. The average Bonchev–Trinajstić information content (AvgIpc) is 2.67. The maximum atomic E-state index is 12.5. The zero-order valence-electron chi connectivity index (χ0n) is 17.4. The summed E-state index contributed by atoms with van der Waals surface area (Å²) in [6.07, 6.45) is -1.41. The summed E-state index contributed by atoms with van der Waals surface area (Å²) in [7, 11) is 0. The molecule has 160 valence electrons. The fourth-order valence-corrected chi connectivity index (χ4v) is 2.49. The van der Waals surface area contributed by atoms with E-state index in [2.05, 4.69) is 5.32 Å². The van der Waals surface area contributed by atoms with Gasteiger partial charge in [0.15, 0.2) is 0 Å². The fraction of sp³-hybridized carbons (Fsp3) is 0.318. The topological polar surface area (TPSA) is 105 Å². The van der Waals surface area contributed by atoms with Crippen LogP contribution in [0, 0.1) is 0 Å². The van der Waals surface area contributed by atoms with E-state index in [1.165, 1.54) is 19.1 Å². The Morgan fingerprint density at radius 2 is 1.63 bits per heavy atom. The quantitative estimate of drug-likeness (QED) is 0.713. The molecule has 2 N–H and O–H groups in total. The minimum absolute atomic E-state index is 0.132. The Labute approximate surface area is 175 Å². The summed E-state index contributed by atoms with van der Waals surface area (Å²) in [5, 5.41) is 12.0. The van der Waals surface area contributed by atoms with Gasteiger partial charge in [0, 0.05) is 11.4 Å². The van der Waals surface area contributed by atoms with Crippen LogP contribution in [0.5, 0.6) is 0 Å². The first kappa shape index (κ1) is 22.7. The van der Waals surface area contributed by atoms with E-state index in [0.29, 0.717) is 11.4 Å². The number of carbonyl (C=O) groups excluding carboxylic acids is 2. The van der Waals surface area contributed by atoms with E-state index in [1.807, 2.05) is 30.3 Å². The lowest BCUT2D eigenvalue weighted by atomic mass is 10.2. The fourth-order valence-electron chi connectivity index (χ4n) is 2.49. The van der Waals surface area contributed by atoms with E-state index in [-0.39, 0.29) is 6.61 Å². The van der Waals surface area contributed by atoms with Gasteiger partial charge in [-0.15, -0.1) is 0 Å². The molecule has 0 aliphatic carbocycles. The second-order valence-corrected chi connectivity index (χ2v) is 7.60. The molecule has 0 aliphatic heterocycles. The van der Waals surface area contributed by atoms with Gasteiger partial charge in [0.1, 0.15) is 18.2 Å². The number of carbonyl (C=O) groups is 3. The number of nitrogens with one attached hydrogen (secondary N) is 1. The largest absolute Gasteiger partial charge is 0.480 e. The number of rotatable bonds is 6. The molecule has 30 heavy (non-hydrogen) atoms. The van der Waals surface area contributed by atoms with Crippen molar-refractivity contribution in [2.75, 3.05) is 10.2 Å². The van der Waals surface area contributed by atoms with Gasteiger partial charge in [0.05, 0.1) is 0 Å². The number of benzene rings is 2. The Morgan fingerprint density at radius 1 is 1.03 bits per heavy atom. The lowest BCUT2D eigenvalue weighted by Gasteiger charge is -2.30. The highest BCUT2D eigenvalue weighted by Crippen LogP contribution is 2.23. The van der Waals surface area contributed by atoms with Crippen molar-refractivity contribution in [1.82, 2.24) is 0 Å². The van der Waals surface area contributed by atoms with Crippen molar-refractivity contribution in [3.63, 3.8) is 0 Å². The van der Waals surface area contributed by atoms with Crippen molar-refractivity contribution >= 4 is 29.5 Å². The maximum Gasteiger partial charge on any atom is 0.415 e. The van der Waals surface area contributed by atoms with Gasteiger partial charge in [0.25, 0.3) is 0 Å². The highest BCUT2D eigenvalue weighted by molar-refractivity contribution is 5.95. The summed E-state index contributed by atoms with van der Waals surface area (Å²) in [4.78, 5) is 37.0. The van der Waals surface area contributed by atoms with Crippen LogP contribution < -0.4 is 10.2 Å². The molecule has 2 rings (SSSR count). The van der Waals surface area contributed by atoms with Gasteiger partial charge in [0.2, 0.25) is 0 Å². The van der Waals surface area contributed by atoms with Crippen LogP contribution in [0.1, 0.15) is 33.3 Å². The summed E-state index contributed by atoms with van der Waals surface area (Å²) in [5.41, 5.74) is 0.835. The maximum absolute atomic E-state index is 12.5. The molecule has 8 nitrogen and oxygen atoms in total. The van der Waals surface area contributed by atoms with Crippen LogP contribution in [0.15, 0.2) is 54.6 Å². The standard InChI is InChI=1S/C22H26N2O6/c1-15(19(25)26)24(21(28)30-22(2,3)4)18-12-10-17(11-13-18)23-20(27)29-14-16-8-6-5-7-9-16/h5-13,15H,14H2,1-4H3,(H,23,27)(H,25,26)/t15-/m0/s1. The van der Waals surface area contributed by atoms with Crippen LogP contribution in [-0.2, 0) is 20.9 Å². The lowest BCUT2D eigenvalue weighted by molar-refractivity contribution is -0.138. The number of hydrogen-bond acceptors (Lipinski definition) is 5. The van der Waals surface area contributed by atoms with Crippen LogP contribution in [0.4, 0.5) is 21.0 Å². The Hall–Kier alpha value is -3.55. The Bertz CT molecular complexity index is 875. The number of aliphatic carboxylic acids is 1. The van der Waals surface area contributed by atoms with E-state index in [9.17, 15) is 19.5 Å². The monoisotopic (exact) mass is 414 g/mol. The van der Waals surface area contributed by atoms with Gasteiger partial charge >= 0.3 is 18.2 Å². The van der Waals surface area contributed by atoms with Crippen LogP contribution in [0.25, 0.3) is 0 Å². The normalized spacial score (nSPS) is 11.9. The Kier molecular flexibility index (Phi) is 7.41. The van der Waals surface area contributed by atoms with Gasteiger partial charge in [-0.05, 0) is 57.5 Å². The summed E-state index contributed by atoms with van der Waals surface area (Å²) in [5.74, 6) is -1.17. The molecule has 0 spiro atoms. The molecule has 0 saturated carbocycles. The van der Waals surface area contributed by atoms with E-state index in [1.54, 1.807) is 32.9 Å². The Balaban J connectivity index is 2.07. The van der Waals surface area contributed by atoms with Gasteiger partial charge < -0.3 is 14.6 Å². The van der Waals surface area contributed by atoms with E-state index >= 15 is 0 Å². The number of nitrogens with zero attached hydrogens (tertiary/aromatic N) is 1. The number of anilines is 2. The number of ether oxygens (including phenoxy) is 2. The molecule has 1 atom stereocenters. The van der Waals surface area contributed by atoms with E-state index in [4.69, 9.17) is 9.47 Å². The zero-order chi connectivity index (χ0) is 22.3. The van der Waals surface area contributed by atoms with E-state index in [0.717, 1.165) is 10.5 Å². The minimum Gasteiger partial charge on any atom is -0.480 e. The van der Waals surface area contributed by atoms with Crippen molar-refractivity contribution in [1.29, 1.82) is 0 Å². The third-order valence-corrected chi connectivity index (χ3v) is 3.94. The van der Waals surface area contributed by atoms with Gasteiger partial charge in [-0.2, -0.15) is 0 Å². The zero-order valence-corrected chi connectivity index (χ0v) is 17.4. The number of hydrogen-bond donors (Lipinski definition) is 2. The van der Waals surface area contributed by atoms with Crippen molar-refractivity contribution in [3.8, 4) is 0 Å². The predicted octanol–water partition coefficient (Wildman–Crippen LogP) is 4.65. The molecule has 0 heterocycles. The third kappa shape index (κ3) is 6.80. The molecule has 2 amide bonds. The lowest BCUT2D eigenvalue weighted by Crippen LogP contribution is -2.46. The molecule has 0 aliphatic rings. The SMILES string of the molecule is C[C@@H](C(=O)O)N(C(=O)OC(C)(C)C)c1ccc(NC(=O)OCc2ccccc2)cc1. The third-order valence-electron chi connectivity index (χ3n) is 3.94. The van der Waals surface area contributed by atoms with Gasteiger partial charge in [-0.1, -0.05) is 30.3 Å². The predicted molar refractivity (Wildman–Crippen MR) is 113 cm³/mol. The molecule has 0 aromatic heterocycles. The average molecular weight is 414 g/mol. The molecule has 0 radical (unpaired) electrons. The van der Waals surface area contributed by atoms with Crippen LogP contribution in [-0.4, -0.2) is 34.9 Å². The molecule has 0 fully saturated rings. The summed E-state index contributed by atoms with van der Waals surface area (Å²) in [6.45, 7) is 6.61. The van der Waals surface area contributed by atoms with Crippen LogP contribution >= 0.6 is 0 Å². The molecule has 2 aromatic carbocycles. The Morgan fingerprint density at radius 3 is 2.17 bits per heavy atom. The first-order chi connectivity index (χ1) is 14.1. The smallest absolute Gasteiger partial charge is 0.415 e. The first-order valence-electron chi connectivity index (χ1n) is 9.39. The molecular weight excluding hydrogens is 388 g/mol. The first-order valence-corrected chi connectivity index (χ1v) is 9.39. The van der Waals surface area contributed by atoms with Crippen molar-refractivity contribution in [2.24, 2.45) is 0 Å². The van der Waals surface area contributed by atoms with E-state index < -0.39 is 29.8 Å². The number of amides is 2. The highest BCUT2D eigenvalue weighted by atomic mass is 16.6. The molecule has 8 heteroatoms. The summed E-state index contributed by atoms with van der Waals surface area (Å²) < 4.78 is 10.5. The number of carboxylic acid groups (broad SMARTS) is 1. The van der Waals surface area contributed by atoms with Crippen molar-refractivity contribution in [2.45, 2.75) is 45.9 Å². The number of carboxylic acids is 1. The molecule has 2 aromatic rings. The molecule has 0 unspecified atom stereocenters. The van der Waals surface area contributed by atoms with Crippen molar-refractivity contribution < 1.29 is 29.0 Å². The summed E-state index contributed by atoms with van der Waals surface area (Å²) in [6, 6.07) is 14.3. The minimum atomic E-state index is -1.17. The second-order valence-electron chi connectivity index (χ2n) is 7.60. The summed E-state index contributed by atoms with van der Waals surface area (Å²) >= 11 is 0.